The molecule has 27 heavy (non-hydrogen) atoms. The molecule has 2 heterocycles. The van der Waals surface area contributed by atoms with Crippen molar-refractivity contribution in [1.82, 2.24) is 14.9 Å². The van der Waals surface area contributed by atoms with Gasteiger partial charge in [0.15, 0.2) is 0 Å². The number of piperazine rings is 1. The van der Waals surface area contributed by atoms with Crippen molar-refractivity contribution in [1.29, 1.82) is 0 Å². The molecule has 148 valence electrons. The molecule has 1 aromatic rings. The quantitative estimate of drug-likeness (QED) is 0.808. The smallest absolute Gasteiger partial charge is 0.410 e. The molecule has 7 nitrogen and oxygen atoms in total. The second-order valence-electron chi connectivity index (χ2n) is 8.08. The molecule has 0 N–H and O–H groups in total. The first-order valence-electron chi connectivity index (χ1n) is 9.56. The summed E-state index contributed by atoms with van der Waals surface area (Å²) in [5.41, 5.74) is 0.0902. The minimum atomic E-state index is -0.469. The van der Waals surface area contributed by atoms with Crippen molar-refractivity contribution in [2.24, 2.45) is 0 Å². The fourth-order valence-electron chi connectivity index (χ4n) is 3.44. The first-order chi connectivity index (χ1) is 12.8. The van der Waals surface area contributed by atoms with E-state index < -0.39 is 5.60 Å². The molecule has 0 radical (unpaired) electrons. The van der Waals surface area contributed by atoms with E-state index in [9.17, 15) is 9.59 Å². The largest absolute Gasteiger partial charge is 0.444 e. The van der Waals surface area contributed by atoms with Gasteiger partial charge in [0, 0.05) is 45.3 Å². The number of carbonyl (C=O) groups is 2. The van der Waals surface area contributed by atoms with E-state index in [1.54, 1.807) is 22.1 Å². The molecular formula is C20H29N3O4. The van der Waals surface area contributed by atoms with E-state index in [-0.39, 0.29) is 12.1 Å². The summed E-state index contributed by atoms with van der Waals surface area (Å²) in [5, 5.41) is 1.73. The molecule has 0 aromatic heterocycles. The summed E-state index contributed by atoms with van der Waals surface area (Å²) in [6.07, 6.45) is 0.712. The van der Waals surface area contributed by atoms with E-state index in [1.165, 1.54) is 0 Å². The molecule has 0 unspecified atom stereocenters. The van der Waals surface area contributed by atoms with Crippen LogP contribution < -0.4 is 0 Å². The maximum absolute atomic E-state index is 12.2. The number of ether oxygens (including phenoxy) is 1. The monoisotopic (exact) mass is 375 g/mol. The summed E-state index contributed by atoms with van der Waals surface area (Å²) in [6.45, 7) is 10.0. The summed E-state index contributed by atoms with van der Waals surface area (Å²) >= 11 is 0. The molecule has 1 amide bonds. The van der Waals surface area contributed by atoms with Gasteiger partial charge in [-0.15, -0.1) is 5.06 Å². The Hall–Kier alpha value is -2.12. The molecule has 2 aliphatic heterocycles. The maximum atomic E-state index is 12.2. The summed E-state index contributed by atoms with van der Waals surface area (Å²) < 4.78 is 5.46. The summed E-state index contributed by atoms with van der Waals surface area (Å²) in [7, 11) is 0. The highest BCUT2D eigenvalue weighted by molar-refractivity contribution is 5.89. The fraction of sp³-hybridized carbons (Fsp3) is 0.600. The molecule has 0 spiro atoms. The standard InChI is InChI=1S/C20H29N3O4/c1-20(2,3)26-19(25)22-10-9-17(15-22)21-11-13-23(14-12-21)27-18(24)16-7-5-4-6-8-16/h4-8,17H,9-15H2,1-3H3/t17-/m1/s1. The van der Waals surface area contributed by atoms with E-state index >= 15 is 0 Å². The molecular weight excluding hydrogens is 346 g/mol. The van der Waals surface area contributed by atoms with Crippen molar-refractivity contribution < 1.29 is 19.2 Å². The molecule has 2 aliphatic rings. The third-order valence-electron chi connectivity index (χ3n) is 4.83. The molecule has 2 saturated heterocycles. The average Bonchev–Trinajstić information content (AvgIpc) is 3.12. The van der Waals surface area contributed by atoms with E-state index in [4.69, 9.17) is 9.57 Å². The van der Waals surface area contributed by atoms with Crippen molar-refractivity contribution >= 4 is 12.1 Å². The van der Waals surface area contributed by atoms with Crippen LogP contribution in [-0.4, -0.2) is 77.8 Å². The van der Waals surface area contributed by atoms with Gasteiger partial charge in [0.1, 0.15) is 5.60 Å². The lowest BCUT2D eigenvalue weighted by atomic mass is 10.2. The number of amides is 1. The number of hydrogen-bond donors (Lipinski definition) is 0. The fourth-order valence-corrected chi connectivity index (χ4v) is 3.44. The molecule has 1 aromatic carbocycles. The summed E-state index contributed by atoms with van der Waals surface area (Å²) in [4.78, 5) is 34.0. The second-order valence-corrected chi connectivity index (χ2v) is 8.08. The van der Waals surface area contributed by atoms with Crippen molar-refractivity contribution in [3.05, 3.63) is 35.9 Å². The summed E-state index contributed by atoms with van der Waals surface area (Å²) in [6, 6.07) is 9.36. The van der Waals surface area contributed by atoms with Crippen LogP contribution in [0.2, 0.25) is 0 Å². The Balaban J connectivity index is 1.43. The Morgan fingerprint density at radius 1 is 1.00 bits per heavy atom. The van der Waals surface area contributed by atoms with Crippen LogP contribution in [0, 0.1) is 0 Å². The highest BCUT2D eigenvalue weighted by atomic mass is 16.7. The van der Waals surface area contributed by atoms with E-state index in [0.717, 1.165) is 26.1 Å². The molecule has 0 aliphatic carbocycles. The van der Waals surface area contributed by atoms with Crippen LogP contribution >= 0.6 is 0 Å². The number of benzene rings is 1. The lowest BCUT2D eigenvalue weighted by molar-refractivity contribution is -0.133. The lowest BCUT2D eigenvalue weighted by Crippen LogP contribution is -2.51. The second kappa shape index (κ2) is 8.27. The third kappa shape index (κ3) is 5.43. The Morgan fingerprint density at radius 3 is 2.30 bits per heavy atom. The van der Waals surface area contributed by atoms with Gasteiger partial charge in [-0.1, -0.05) is 18.2 Å². The minimum absolute atomic E-state index is 0.236. The van der Waals surface area contributed by atoms with Crippen molar-refractivity contribution in [3.8, 4) is 0 Å². The molecule has 1 atom stereocenters. The van der Waals surface area contributed by atoms with Gasteiger partial charge in [-0.2, -0.15) is 0 Å². The highest BCUT2D eigenvalue weighted by Crippen LogP contribution is 2.20. The minimum Gasteiger partial charge on any atom is -0.444 e. The number of likely N-dealkylation sites (tertiary alicyclic amines) is 1. The van der Waals surface area contributed by atoms with Gasteiger partial charge in [-0.3, -0.25) is 4.90 Å². The topological polar surface area (TPSA) is 62.3 Å². The highest BCUT2D eigenvalue weighted by Gasteiger charge is 2.34. The Labute approximate surface area is 160 Å². The van der Waals surface area contributed by atoms with Gasteiger partial charge in [-0.25, -0.2) is 9.59 Å². The molecule has 0 bridgehead atoms. The van der Waals surface area contributed by atoms with Gasteiger partial charge in [0.05, 0.1) is 5.56 Å². The molecule has 3 rings (SSSR count). The number of hydroxylamine groups is 2. The predicted octanol–water partition coefficient (Wildman–Crippen LogP) is 2.39. The van der Waals surface area contributed by atoms with E-state index in [1.807, 2.05) is 39.0 Å². The van der Waals surface area contributed by atoms with Crippen LogP contribution in [0.3, 0.4) is 0 Å². The van der Waals surface area contributed by atoms with Crippen LogP contribution in [0.15, 0.2) is 30.3 Å². The third-order valence-corrected chi connectivity index (χ3v) is 4.83. The zero-order valence-electron chi connectivity index (χ0n) is 16.4. The van der Waals surface area contributed by atoms with Gasteiger partial charge in [-0.05, 0) is 39.3 Å². The number of carbonyl (C=O) groups excluding carboxylic acids is 2. The molecule has 2 fully saturated rings. The van der Waals surface area contributed by atoms with Gasteiger partial charge in [0.2, 0.25) is 0 Å². The van der Waals surface area contributed by atoms with Crippen molar-refractivity contribution in [2.45, 2.75) is 38.8 Å². The van der Waals surface area contributed by atoms with Crippen molar-refractivity contribution in [3.63, 3.8) is 0 Å². The number of nitrogens with zero attached hydrogens (tertiary/aromatic N) is 3. The lowest BCUT2D eigenvalue weighted by Gasteiger charge is -2.36. The zero-order chi connectivity index (χ0) is 19.4. The van der Waals surface area contributed by atoms with Crippen molar-refractivity contribution in [2.75, 3.05) is 39.3 Å². The Kier molecular flexibility index (Phi) is 6.01. The maximum Gasteiger partial charge on any atom is 0.410 e. The normalized spacial score (nSPS) is 21.9. The SMILES string of the molecule is CC(C)(C)OC(=O)N1CC[C@@H](N2CCN(OC(=O)c3ccccc3)CC2)C1. The van der Waals surface area contributed by atoms with Gasteiger partial charge < -0.3 is 14.5 Å². The van der Waals surface area contributed by atoms with Crippen LogP contribution in [-0.2, 0) is 9.57 Å². The van der Waals surface area contributed by atoms with Crippen LogP contribution in [0.1, 0.15) is 37.6 Å². The van der Waals surface area contributed by atoms with Crippen LogP contribution in [0.5, 0.6) is 0 Å². The molecule has 7 heteroatoms. The first-order valence-corrected chi connectivity index (χ1v) is 9.56. The number of rotatable bonds is 3. The zero-order valence-corrected chi connectivity index (χ0v) is 16.4. The average molecular weight is 375 g/mol. The van der Waals surface area contributed by atoms with Crippen LogP contribution in [0.25, 0.3) is 0 Å². The van der Waals surface area contributed by atoms with E-state index in [0.29, 0.717) is 31.2 Å². The number of hydrogen-bond acceptors (Lipinski definition) is 6. The van der Waals surface area contributed by atoms with E-state index in [2.05, 4.69) is 4.90 Å². The van der Waals surface area contributed by atoms with Gasteiger partial charge in [0.25, 0.3) is 0 Å². The first kappa shape index (κ1) is 19.6. The Morgan fingerprint density at radius 2 is 1.67 bits per heavy atom. The van der Waals surface area contributed by atoms with Crippen LogP contribution in [0.4, 0.5) is 4.79 Å². The predicted molar refractivity (Wildman–Crippen MR) is 101 cm³/mol. The Bertz CT molecular complexity index is 651. The van der Waals surface area contributed by atoms with Gasteiger partial charge >= 0.3 is 12.1 Å². The molecule has 0 saturated carbocycles. The summed E-state index contributed by atoms with van der Waals surface area (Å²) in [5.74, 6) is -0.319.